The Kier molecular flexibility index (Phi) is 3.16. The maximum Gasteiger partial charge on any atom is 0.137 e. The number of hydrogen-bond donors (Lipinski definition) is 1. The highest BCUT2D eigenvalue weighted by Gasteiger charge is 2.01. The lowest BCUT2D eigenvalue weighted by Crippen LogP contribution is -1.94. The van der Waals surface area contributed by atoms with Gasteiger partial charge in [0.15, 0.2) is 0 Å². The molecule has 0 aliphatic rings. The molecular formula is C15H15N3O. The van der Waals surface area contributed by atoms with Crippen molar-refractivity contribution in [1.29, 1.82) is 0 Å². The third kappa shape index (κ3) is 2.74. The van der Waals surface area contributed by atoms with Gasteiger partial charge in [-0.15, -0.1) is 0 Å². The van der Waals surface area contributed by atoms with Gasteiger partial charge in [0.1, 0.15) is 5.65 Å². The van der Waals surface area contributed by atoms with Gasteiger partial charge in [-0.1, -0.05) is 18.2 Å². The first-order chi connectivity index (χ1) is 9.31. The Morgan fingerprint density at radius 2 is 1.89 bits per heavy atom. The monoisotopic (exact) mass is 253 g/mol. The molecule has 1 aromatic carbocycles. The number of anilines is 1. The molecule has 4 heteroatoms. The first-order valence-electron chi connectivity index (χ1n) is 6.16. The standard InChI is InChI=1S/C15H15N3O/c16-13-6-4-12(5-7-13)10-19-11-14-9-18-8-2-1-3-15(18)17-14/h1-9H,10-11,16H2. The molecule has 0 saturated heterocycles. The van der Waals surface area contributed by atoms with Crippen LogP contribution in [-0.2, 0) is 18.0 Å². The van der Waals surface area contributed by atoms with E-state index in [1.807, 2.05) is 59.3 Å². The minimum atomic E-state index is 0.506. The van der Waals surface area contributed by atoms with E-state index in [0.717, 1.165) is 22.6 Å². The molecule has 2 aromatic heterocycles. The molecule has 0 bridgehead atoms. The number of ether oxygens (including phenoxy) is 1. The first kappa shape index (κ1) is 11.7. The van der Waals surface area contributed by atoms with Gasteiger partial charge in [-0.2, -0.15) is 0 Å². The van der Waals surface area contributed by atoms with Crippen molar-refractivity contribution in [2.75, 3.05) is 5.73 Å². The Morgan fingerprint density at radius 3 is 2.68 bits per heavy atom. The van der Waals surface area contributed by atoms with Crippen LogP contribution in [0.15, 0.2) is 54.9 Å². The Balaban J connectivity index is 1.61. The molecule has 96 valence electrons. The van der Waals surface area contributed by atoms with E-state index in [1.54, 1.807) is 0 Å². The summed E-state index contributed by atoms with van der Waals surface area (Å²) in [6.07, 6.45) is 3.96. The van der Waals surface area contributed by atoms with E-state index in [1.165, 1.54) is 0 Å². The van der Waals surface area contributed by atoms with Crippen LogP contribution in [0.25, 0.3) is 5.65 Å². The second kappa shape index (κ2) is 5.12. The molecule has 3 aromatic rings. The Bertz CT molecular complexity index is 640. The summed E-state index contributed by atoms with van der Waals surface area (Å²) in [4.78, 5) is 4.48. The minimum Gasteiger partial charge on any atom is -0.399 e. The third-order valence-corrected chi connectivity index (χ3v) is 2.91. The van der Waals surface area contributed by atoms with Gasteiger partial charge in [-0.25, -0.2) is 4.98 Å². The van der Waals surface area contributed by atoms with Gasteiger partial charge < -0.3 is 14.9 Å². The molecule has 0 fully saturated rings. The average molecular weight is 253 g/mol. The van der Waals surface area contributed by atoms with E-state index < -0.39 is 0 Å². The van der Waals surface area contributed by atoms with Crippen molar-refractivity contribution in [3.63, 3.8) is 0 Å². The van der Waals surface area contributed by atoms with Crippen LogP contribution in [0, 0.1) is 0 Å². The molecule has 0 amide bonds. The number of nitrogens with two attached hydrogens (primary N) is 1. The SMILES string of the molecule is Nc1ccc(COCc2cn3ccccc3n2)cc1. The summed E-state index contributed by atoms with van der Waals surface area (Å²) in [5.41, 5.74) is 9.38. The first-order valence-corrected chi connectivity index (χ1v) is 6.16. The molecule has 0 atom stereocenters. The van der Waals surface area contributed by atoms with Crippen LogP contribution >= 0.6 is 0 Å². The number of nitrogen functional groups attached to an aromatic ring is 1. The summed E-state index contributed by atoms with van der Waals surface area (Å²) in [5, 5.41) is 0. The van der Waals surface area contributed by atoms with Crippen LogP contribution in [0.3, 0.4) is 0 Å². The topological polar surface area (TPSA) is 52.5 Å². The fraction of sp³-hybridized carbons (Fsp3) is 0.133. The highest BCUT2D eigenvalue weighted by Crippen LogP contribution is 2.09. The van der Waals surface area contributed by atoms with E-state index in [4.69, 9.17) is 10.5 Å². The molecule has 3 rings (SSSR count). The van der Waals surface area contributed by atoms with Crippen LogP contribution in [0.1, 0.15) is 11.3 Å². The summed E-state index contributed by atoms with van der Waals surface area (Å²) < 4.78 is 7.65. The maximum atomic E-state index is 5.66. The molecule has 0 radical (unpaired) electrons. The zero-order valence-electron chi connectivity index (χ0n) is 10.5. The number of rotatable bonds is 4. The molecule has 2 heterocycles. The van der Waals surface area contributed by atoms with E-state index in [9.17, 15) is 0 Å². The van der Waals surface area contributed by atoms with Crippen molar-refractivity contribution in [3.05, 3.63) is 66.1 Å². The number of imidazole rings is 1. The number of aromatic nitrogens is 2. The van der Waals surface area contributed by atoms with E-state index in [0.29, 0.717) is 13.2 Å². The van der Waals surface area contributed by atoms with Crippen molar-refractivity contribution < 1.29 is 4.74 Å². The second-order valence-corrected chi connectivity index (χ2v) is 4.43. The second-order valence-electron chi connectivity index (χ2n) is 4.43. The van der Waals surface area contributed by atoms with E-state index in [-0.39, 0.29) is 0 Å². The summed E-state index contributed by atoms with van der Waals surface area (Å²) in [6, 6.07) is 13.6. The Morgan fingerprint density at radius 1 is 1.05 bits per heavy atom. The van der Waals surface area contributed by atoms with Crippen molar-refractivity contribution in [2.24, 2.45) is 0 Å². The van der Waals surface area contributed by atoms with Gasteiger partial charge in [0.25, 0.3) is 0 Å². The van der Waals surface area contributed by atoms with Crippen LogP contribution in [-0.4, -0.2) is 9.38 Å². The van der Waals surface area contributed by atoms with Gasteiger partial charge in [0.2, 0.25) is 0 Å². The van der Waals surface area contributed by atoms with Gasteiger partial charge >= 0.3 is 0 Å². The Labute approximate surface area is 111 Å². The van der Waals surface area contributed by atoms with Crippen LogP contribution in [0.4, 0.5) is 5.69 Å². The lowest BCUT2D eigenvalue weighted by atomic mass is 10.2. The molecule has 0 spiro atoms. The van der Waals surface area contributed by atoms with E-state index >= 15 is 0 Å². The zero-order valence-corrected chi connectivity index (χ0v) is 10.5. The fourth-order valence-corrected chi connectivity index (χ4v) is 1.94. The largest absolute Gasteiger partial charge is 0.399 e. The Hall–Kier alpha value is -2.33. The number of nitrogens with zero attached hydrogens (tertiary/aromatic N) is 2. The number of fused-ring (bicyclic) bond motifs is 1. The molecule has 4 nitrogen and oxygen atoms in total. The van der Waals surface area contributed by atoms with Crippen molar-refractivity contribution in [2.45, 2.75) is 13.2 Å². The van der Waals surface area contributed by atoms with Crippen molar-refractivity contribution in [1.82, 2.24) is 9.38 Å². The van der Waals surface area contributed by atoms with Gasteiger partial charge in [-0.05, 0) is 29.8 Å². The highest BCUT2D eigenvalue weighted by atomic mass is 16.5. The van der Waals surface area contributed by atoms with Crippen LogP contribution < -0.4 is 5.73 Å². The van der Waals surface area contributed by atoms with Crippen molar-refractivity contribution in [3.8, 4) is 0 Å². The quantitative estimate of drug-likeness (QED) is 0.727. The van der Waals surface area contributed by atoms with Gasteiger partial charge in [0, 0.05) is 18.1 Å². The predicted molar refractivity (Wildman–Crippen MR) is 74.5 cm³/mol. The lowest BCUT2D eigenvalue weighted by molar-refractivity contribution is 0.105. The third-order valence-electron chi connectivity index (χ3n) is 2.91. The maximum absolute atomic E-state index is 5.66. The summed E-state index contributed by atoms with van der Waals surface area (Å²) in [7, 11) is 0. The van der Waals surface area contributed by atoms with Crippen LogP contribution in [0.2, 0.25) is 0 Å². The number of pyridine rings is 1. The number of hydrogen-bond acceptors (Lipinski definition) is 3. The zero-order chi connectivity index (χ0) is 13.1. The van der Waals surface area contributed by atoms with Gasteiger partial charge in [0.05, 0.1) is 18.9 Å². The van der Waals surface area contributed by atoms with Crippen LogP contribution in [0.5, 0.6) is 0 Å². The number of benzene rings is 1. The summed E-state index contributed by atoms with van der Waals surface area (Å²) in [6.45, 7) is 1.07. The average Bonchev–Trinajstić information content (AvgIpc) is 2.83. The molecule has 0 aliphatic heterocycles. The molecule has 0 unspecified atom stereocenters. The molecule has 19 heavy (non-hydrogen) atoms. The smallest absolute Gasteiger partial charge is 0.137 e. The van der Waals surface area contributed by atoms with Crippen molar-refractivity contribution >= 4 is 11.3 Å². The molecule has 2 N–H and O–H groups in total. The minimum absolute atomic E-state index is 0.506. The molecule has 0 aliphatic carbocycles. The molecular weight excluding hydrogens is 238 g/mol. The fourth-order valence-electron chi connectivity index (χ4n) is 1.94. The van der Waals surface area contributed by atoms with Gasteiger partial charge in [-0.3, -0.25) is 0 Å². The van der Waals surface area contributed by atoms with E-state index in [2.05, 4.69) is 4.98 Å². The summed E-state index contributed by atoms with van der Waals surface area (Å²) in [5.74, 6) is 0. The highest BCUT2D eigenvalue weighted by molar-refractivity contribution is 5.40. The predicted octanol–water partition coefficient (Wildman–Crippen LogP) is 2.63. The lowest BCUT2D eigenvalue weighted by Gasteiger charge is -2.02. The summed E-state index contributed by atoms with van der Waals surface area (Å²) >= 11 is 0. The normalized spacial score (nSPS) is 10.9. The molecule has 0 saturated carbocycles.